The molecule has 0 fully saturated rings. The van der Waals surface area contributed by atoms with E-state index in [-0.39, 0.29) is 24.0 Å². The zero-order valence-electron chi connectivity index (χ0n) is 11.3. The minimum Gasteiger partial charge on any atom is -0.396 e. The fourth-order valence-corrected chi connectivity index (χ4v) is 1.54. The Bertz CT molecular complexity index is 206. The highest BCUT2D eigenvalue weighted by molar-refractivity contribution is 5.76. The van der Waals surface area contributed by atoms with E-state index >= 15 is 0 Å². The molecular formula is C13H27NO2. The van der Waals surface area contributed by atoms with Crippen molar-refractivity contribution in [3.05, 3.63) is 0 Å². The van der Waals surface area contributed by atoms with Gasteiger partial charge in [-0.2, -0.15) is 0 Å². The summed E-state index contributed by atoms with van der Waals surface area (Å²) in [5.41, 5.74) is -0.00375. The molecule has 0 aromatic carbocycles. The highest BCUT2D eigenvalue weighted by atomic mass is 16.3. The van der Waals surface area contributed by atoms with Crippen LogP contribution in [0.15, 0.2) is 0 Å². The third-order valence-electron chi connectivity index (χ3n) is 2.75. The number of nitrogens with one attached hydrogen (secondary N) is 1. The standard InChI is InChI=1S/C13H27NO2/c1-10(2)6-7-12(16)14-11(8-9-15)13(3,4)5/h10-11,15H,6-9H2,1-5H3,(H,14,16). The van der Waals surface area contributed by atoms with E-state index in [4.69, 9.17) is 5.11 Å². The van der Waals surface area contributed by atoms with Gasteiger partial charge in [0.05, 0.1) is 0 Å². The Morgan fingerprint density at radius 3 is 2.19 bits per heavy atom. The van der Waals surface area contributed by atoms with Crippen molar-refractivity contribution < 1.29 is 9.90 Å². The molecule has 0 radical (unpaired) electrons. The molecule has 0 aliphatic heterocycles. The van der Waals surface area contributed by atoms with Gasteiger partial charge in [0.2, 0.25) is 5.91 Å². The van der Waals surface area contributed by atoms with E-state index in [2.05, 4.69) is 39.9 Å². The van der Waals surface area contributed by atoms with E-state index in [0.29, 0.717) is 18.8 Å². The van der Waals surface area contributed by atoms with Gasteiger partial charge < -0.3 is 10.4 Å². The first-order chi connectivity index (χ1) is 7.27. The van der Waals surface area contributed by atoms with Crippen LogP contribution in [0.4, 0.5) is 0 Å². The van der Waals surface area contributed by atoms with E-state index in [9.17, 15) is 4.79 Å². The number of aliphatic hydroxyl groups is 1. The van der Waals surface area contributed by atoms with Crippen LogP contribution in [0.25, 0.3) is 0 Å². The van der Waals surface area contributed by atoms with Gasteiger partial charge in [-0.15, -0.1) is 0 Å². The quantitative estimate of drug-likeness (QED) is 0.734. The predicted octanol–water partition coefficient (Wildman–Crippen LogP) is 2.34. The zero-order chi connectivity index (χ0) is 12.8. The topological polar surface area (TPSA) is 49.3 Å². The van der Waals surface area contributed by atoms with Gasteiger partial charge in [-0.25, -0.2) is 0 Å². The molecule has 0 bridgehead atoms. The summed E-state index contributed by atoms with van der Waals surface area (Å²) in [7, 11) is 0. The summed E-state index contributed by atoms with van der Waals surface area (Å²) in [5.74, 6) is 0.652. The Morgan fingerprint density at radius 2 is 1.81 bits per heavy atom. The zero-order valence-corrected chi connectivity index (χ0v) is 11.3. The molecule has 0 spiro atoms. The highest BCUT2D eigenvalue weighted by Gasteiger charge is 2.25. The third kappa shape index (κ3) is 6.83. The van der Waals surface area contributed by atoms with Crippen molar-refractivity contribution in [1.82, 2.24) is 5.32 Å². The van der Waals surface area contributed by atoms with Crippen LogP contribution in [0.2, 0.25) is 0 Å². The molecule has 16 heavy (non-hydrogen) atoms. The number of amides is 1. The monoisotopic (exact) mass is 229 g/mol. The number of carbonyl (C=O) groups is 1. The fourth-order valence-electron chi connectivity index (χ4n) is 1.54. The minimum absolute atomic E-state index is 0.00375. The van der Waals surface area contributed by atoms with Crippen LogP contribution in [0, 0.1) is 11.3 Å². The fraction of sp³-hybridized carbons (Fsp3) is 0.923. The molecule has 0 aliphatic carbocycles. The first kappa shape index (κ1) is 15.4. The van der Waals surface area contributed by atoms with Gasteiger partial charge in [0.25, 0.3) is 0 Å². The van der Waals surface area contributed by atoms with E-state index in [1.165, 1.54) is 0 Å². The number of hydrogen-bond acceptors (Lipinski definition) is 2. The van der Waals surface area contributed by atoms with Crippen molar-refractivity contribution in [2.75, 3.05) is 6.61 Å². The van der Waals surface area contributed by atoms with E-state index in [1.807, 2.05) is 0 Å². The van der Waals surface area contributed by atoms with Crippen LogP contribution in [0.1, 0.15) is 53.9 Å². The average molecular weight is 229 g/mol. The maximum atomic E-state index is 11.7. The van der Waals surface area contributed by atoms with Gasteiger partial charge in [-0.05, 0) is 24.2 Å². The van der Waals surface area contributed by atoms with Crippen molar-refractivity contribution in [1.29, 1.82) is 0 Å². The molecule has 96 valence electrons. The second-order valence-corrected chi connectivity index (χ2v) is 5.93. The lowest BCUT2D eigenvalue weighted by atomic mass is 9.85. The summed E-state index contributed by atoms with van der Waals surface area (Å²) in [5, 5.41) is 12.0. The summed E-state index contributed by atoms with van der Waals surface area (Å²) in [6.45, 7) is 10.6. The first-order valence-electron chi connectivity index (χ1n) is 6.17. The molecule has 3 heteroatoms. The molecule has 1 unspecified atom stereocenters. The summed E-state index contributed by atoms with van der Waals surface area (Å²) in [6, 6.07) is 0.0529. The molecule has 1 atom stereocenters. The molecule has 0 aromatic rings. The molecule has 2 N–H and O–H groups in total. The molecular weight excluding hydrogens is 202 g/mol. The van der Waals surface area contributed by atoms with Crippen LogP contribution in [0.5, 0.6) is 0 Å². The third-order valence-corrected chi connectivity index (χ3v) is 2.75. The van der Waals surface area contributed by atoms with Crippen molar-refractivity contribution in [3.8, 4) is 0 Å². The Hall–Kier alpha value is -0.570. The number of hydrogen-bond donors (Lipinski definition) is 2. The lowest BCUT2D eigenvalue weighted by molar-refractivity contribution is -0.123. The number of rotatable bonds is 6. The van der Waals surface area contributed by atoms with Crippen LogP contribution in [0.3, 0.4) is 0 Å². The van der Waals surface area contributed by atoms with Crippen molar-refractivity contribution in [2.24, 2.45) is 11.3 Å². The minimum atomic E-state index is -0.00375. The second kappa shape index (κ2) is 6.89. The summed E-state index contributed by atoms with van der Waals surface area (Å²) >= 11 is 0. The lowest BCUT2D eigenvalue weighted by Gasteiger charge is -2.31. The largest absolute Gasteiger partial charge is 0.396 e. The van der Waals surface area contributed by atoms with Gasteiger partial charge in [-0.3, -0.25) is 4.79 Å². The Morgan fingerprint density at radius 1 is 1.25 bits per heavy atom. The molecule has 0 saturated carbocycles. The van der Waals surface area contributed by atoms with Crippen molar-refractivity contribution >= 4 is 5.91 Å². The molecule has 0 heterocycles. The highest BCUT2D eigenvalue weighted by Crippen LogP contribution is 2.21. The number of carbonyl (C=O) groups excluding carboxylic acids is 1. The Labute approximate surface area is 99.6 Å². The van der Waals surface area contributed by atoms with Gasteiger partial charge in [-0.1, -0.05) is 34.6 Å². The summed E-state index contributed by atoms with van der Waals surface area (Å²) < 4.78 is 0. The molecule has 0 saturated heterocycles. The molecule has 0 aromatic heterocycles. The molecule has 0 aliphatic rings. The van der Waals surface area contributed by atoms with Gasteiger partial charge in [0, 0.05) is 19.1 Å². The summed E-state index contributed by atoms with van der Waals surface area (Å²) in [6.07, 6.45) is 2.12. The van der Waals surface area contributed by atoms with Crippen molar-refractivity contribution in [3.63, 3.8) is 0 Å². The second-order valence-electron chi connectivity index (χ2n) is 5.93. The Kier molecular flexibility index (Phi) is 6.65. The van der Waals surface area contributed by atoms with Crippen LogP contribution < -0.4 is 5.32 Å². The maximum absolute atomic E-state index is 11.7. The van der Waals surface area contributed by atoms with Gasteiger partial charge in [0.1, 0.15) is 0 Å². The number of aliphatic hydroxyl groups excluding tert-OH is 1. The average Bonchev–Trinajstić information content (AvgIpc) is 2.12. The van der Waals surface area contributed by atoms with Gasteiger partial charge >= 0.3 is 0 Å². The lowest BCUT2D eigenvalue weighted by Crippen LogP contribution is -2.44. The van der Waals surface area contributed by atoms with Crippen LogP contribution in [-0.4, -0.2) is 23.7 Å². The normalized spacial score (nSPS) is 13.9. The molecule has 3 nitrogen and oxygen atoms in total. The van der Waals surface area contributed by atoms with E-state index < -0.39 is 0 Å². The van der Waals surface area contributed by atoms with Crippen molar-refractivity contribution in [2.45, 2.75) is 59.9 Å². The van der Waals surface area contributed by atoms with E-state index in [1.54, 1.807) is 0 Å². The van der Waals surface area contributed by atoms with Gasteiger partial charge in [0.15, 0.2) is 0 Å². The first-order valence-corrected chi connectivity index (χ1v) is 6.17. The molecule has 0 rings (SSSR count). The summed E-state index contributed by atoms with van der Waals surface area (Å²) in [4.78, 5) is 11.7. The van der Waals surface area contributed by atoms with Crippen LogP contribution in [-0.2, 0) is 4.79 Å². The predicted molar refractivity (Wildman–Crippen MR) is 67.2 cm³/mol. The Balaban J connectivity index is 4.14. The van der Waals surface area contributed by atoms with E-state index in [0.717, 1.165) is 6.42 Å². The SMILES string of the molecule is CC(C)CCC(=O)NC(CCO)C(C)(C)C. The van der Waals surface area contributed by atoms with Crippen LogP contribution >= 0.6 is 0 Å². The molecule has 1 amide bonds. The smallest absolute Gasteiger partial charge is 0.220 e. The maximum Gasteiger partial charge on any atom is 0.220 e.